The van der Waals surface area contributed by atoms with Crippen molar-refractivity contribution in [3.8, 4) is 6.07 Å². The molecule has 4 heteroatoms. The lowest BCUT2D eigenvalue weighted by atomic mass is 9.99. The van der Waals surface area contributed by atoms with Crippen LogP contribution in [0.4, 0.5) is 11.4 Å². The predicted molar refractivity (Wildman–Crippen MR) is 110 cm³/mol. The van der Waals surface area contributed by atoms with E-state index in [0.717, 1.165) is 16.8 Å². The van der Waals surface area contributed by atoms with Gasteiger partial charge < -0.3 is 10.2 Å². The van der Waals surface area contributed by atoms with Crippen molar-refractivity contribution in [2.24, 2.45) is 0 Å². The smallest absolute Gasteiger partial charge is 0.266 e. The molecule has 1 amide bonds. The molecule has 3 rings (SSSR count). The van der Waals surface area contributed by atoms with Gasteiger partial charge in [0.2, 0.25) is 0 Å². The molecule has 0 unspecified atom stereocenters. The molecule has 1 aliphatic rings. The van der Waals surface area contributed by atoms with E-state index in [1.807, 2.05) is 66.9 Å². The molecular formula is C23H19N3O. The van der Waals surface area contributed by atoms with Crippen molar-refractivity contribution in [1.29, 1.82) is 5.26 Å². The summed E-state index contributed by atoms with van der Waals surface area (Å²) in [5.41, 5.74) is 3.74. The van der Waals surface area contributed by atoms with Crippen molar-refractivity contribution in [1.82, 2.24) is 0 Å². The van der Waals surface area contributed by atoms with Crippen molar-refractivity contribution in [3.63, 3.8) is 0 Å². The van der Waals surface area contributed by atoms with Crippen molar-refractivity contribution in [2.75, 3.05) is 16.8 Å². The Hall–Kier alpha value is -3.84. The summed E-state index contributed by atoms with van der Waals surface area (Å²) in [6, 6.07) is 19.0. The Kier molecular flexibility index (Phi) is 5.66. The third-order valence-electron chi connectivity index (χ3n) is 4.11. The Balaban J connectivity index is 1.87. The van der Waals surface area contributed by atoms with E-state index in [4.69, 9.17) is 0 Å². The SMILES string of the molecule is C=CCN1C=CC(=CC=C(C#N)C(=O)Nc2ccccc2)c2ccccc21. The molecule has 132 valence electrons. The zero-order valence-electron chi connectivity index (χ0n) is 14.8. The second-order valence-electron chi connectivity index (χ2n) is 5.91. The molecular weight excluding hydrogens is 334 g/mol. The highest BCUT2D eigenvalue weighted by molar-refractivity contribution is 6.07. The fraction of sp³-hybridized carbons (Fsp3) is 0.0435. The third kappa shape index (κ3) is 4.23. The zero-order valence-corrected chi connectivity index (χ0v) is 14.8. The monoisotopic (exact) mass is 353 g/mol. The van der Waals surface area contributed by atoms with E-state index < -0.39 is 5.91 Å². The number of nitriles is 1. The fourth-order valence-electron chi connectivity index (χ4n) is 2.81. The average Bonchev–Trinajstić information content (AvgIpc) is 2.70. The molecule has 0 aromatic heterocycles. The van der Waals surface area contributed by atoms with E-state index in [1.54, 1.807) is 24.3 Å². The molecule has 1 N–H and O–H groups in total. The number of para-hydroxylation sites is 2. The number of nitrogens with one attached hydrogen (secondary N) is 1. The summed E-state index contributed by atoms with van der Waals surface area (Å²) >= 11 is 0. The number of fused-ring (bicyclic) bond motifs is 1. The second kappa shape index (κ2) is 8.50. The summed E-state index contributed by atoms with van der Waals surface area (Å²) in [4.78, 5) is 14.4. The summed E-state index contributed by atoms with van der Waals surface area (Å²) in [5, 5.41) is 12.1. The Bertz CT molecular complexity index is 978. The lowest BCUT2D eigenvalue weighted by Gasteiger charge is -2.26. The van der Waals surface area contributed by atoms with Gasteiger partial charge in [-0.25, -0.2) is 0 Å². The van der Waals surface area contributed by atoms with Gasteiger partial charge in [-0.1, -0.05) is 48.6 Å². The van der Waals surface area contributed by atoms with Crippen LogP contribution in [0.25, 0.3) is 5.57 Å². The van der Waals surface area contributed by atoms with Gasteiger partial charge in [0, 0.05) is 29.7 Å². The van der Waals surface area contributed by atoms with E-state index >= 15 is 0 Å². The highest BCUT2D eigenvalue weighted by Gasteiger charge is 2.15. The Morgan fingerprint density at radius 1 is 1.15 bits per heavy atom. The largest absolute Gasteiger partial charge is 0.344 e. The number of carbonyl (C=O) groups is 1. The van der Waals surface area contributed by atoms with Crippen LogP contribution in [-0.2, 0) is 4.79 Å². The van der Waals surface area contributed by atoms with Gasteiger partial charge in [0.15, 0.2) is 0 Å². The summed E-state index contributed by atoms with van der Waals surface area (Å²) < 4.78 is 0. The molecule has 0 bridgehead atoms. The molecule has 27 heavy (non-hydrogen) atoms. The average molecular weight is 353 g/mol. The predicted octanol–water partition coefficient (Wildman–Crippen LogP) is 4.68. The molecule has 1 aliphatic heterocycles. The molecule has 4 nitrogen and oxygen atoms in total. The Labute approximate surface area is 159 Å². The van der Waals surface area contributed by atoms with Crippen molar-refractivity contribution in [3.05, 3.63) is 103 Å². The first-order valence-corrected chi connectivity index (χ1v) is 8.56. The molecule has 2 aromatic carbocycles. The van der Waals surface area contributed by atoms with Crippen LogP contribution < -0.4 is 10.2 Å². The van der Waals surface area contributed by atoms with Crippen LogP contribution in [0, 0.1) is 11.3 Å². The van der Waals surface area contributed by atoms with Crippen LogP contribution in [-0.4, -0.2) is 12.5 Å². The van der Waals surface area contributed by atoms with Crippen LogP contribution in [0.15, 0.2) is 97.3 Å². The fourth-order valence-corrected chi connectivity index (χ4v) is 2.81. The summed E-state index contributed by atoms with van der Waals surface area (Å²) in [6.07, 6.45) is 9.13. The first kappa shape index (κ1) is 18.0. The molecule has 2 aromatic rings. The van der Waals surface area contributed by atoms with E-state index in [-0.39, 0.29) is 5.57 Å². The lowest BCUT2D eigenvalue weighted by Crippen LogP contribution is -2.19. The summed E-state index contributed by atoms with van der Waals surface area (Å²) in [7, 11) is 0. The number of carbonyl (C=O) groups excluding carboxylic acids is 1. The molecule has 1 heterocycles. The first-order chi connectivity index (χ1) is 13.2. The maximum atomic E-state index is 12.3. The van der Waals surface area contributed by atoms with Gasteiger partial charge in [-0.2, -0.15) is 5.26 Å². The van der Waals surface area contributed by atoms with Crippen LogP contribution in [0.2, 0.25) is 0 Å². The number of nitrogens with zero attached hydrogens (tertiary/aromatic N) is 2. The minimum Gasteiger partial charge on any atom is -0.344 e. The molecule has 0 fully saturated rings. The Morgan fingerprint density at radius 2 is 1.89 bits per heavy atom. The third-order valence-corrected chi connectivity index (χ3v) is 4.11. The van der Waals surface area contributed by atoms with Crippen LogP contribution in [0.3, 0.4) is 0 Å². The minimum atomic E-state index is -0.429. The van der Waals surface area contributed by atoms with Gasteiger partial charge in [0.25, 0.3) is 5.91 Å². The topological polar surface area (TPSA) is 56.1 Å². The number of amides is 1. The molecule has 0 radical (unpaired) electrons. The molecule has 0 aliphatic carbocycles. The maximum Gasteiger partial charge on any atom is 0.266 e. The number of benzene rings is 2. The van der Waals surface area contributed by atoms with E-state index in [0.29, 0.717) is 12.2 Å². The molecule has 0 atom stereocenters. The van der Waals surface area contributed by atoms with Crippen LogP contribution in [0.1, 0.15) is 5.56 Å². The molecule has 0 saturated heterocycles. The van der Waals surface area contributed by atoms with Gasteiger partial charge >= 0.3 is 0 Å². The normalized spacial score (nSPS) is 14.4. The number of allylic oxidation sites excluding steroid dienone is 4. The summed E-state index contributed by atoms with van der Waals surface area (Å²) in [6.45, 7) is 4.50. The van der Waals surface area contributed by atoms with Crippen molar-refractivity contribution in [2.45, 2.75) is 0 Å². The first-order valence-electron chi connectivity index (χ1n) is 8.56. The van der Waals surface area contributed by atoms with Crippen molar-refractivity contribution >= 4 is 22.9 Å². The van der Waals surface area contributed by atoms with E-state index in [2.05, 4.69) is 16.8 Å². The van der Waals surface area contributed by atoms with Crippen LogP contribution in [0.5, 0.6) is 0 Å². The second-order valence-corrected chi connectivity index (χ2v) is 5.91. The van der Waals surface area contributed by atoms with E-state index in [9.17, 15) is 10.1 Å². The van der Waals surface area contributed by atoms with E-state index in [1.165, 1.54) is 0 Å². The van der Waals surface area contributed by atoms with Gasteiger partial charge in [-0.05, 0) is 35.9 Å². The number of rotatable bonds is 5. The number of hydrogen-bond acceptors (Lipinski definition) is 3. The number of anilines is 2. The highest BCUT2D eigenvalue weighted by Crippen LogP contribution is 2.32. The van der Waals surface area contributed by atoms with Gasteiger partial charge in [-0.3, -0.25) is 4.79 Å². The quantitative estimate of drug-likeness (QED) is 0.482. The highest BCUT2D eigenvalue weighted by atomic mass is 16.1. The van der Waals surface area contributed by atoms with Crippen LogP contribution >= 0.6 is 0 Å². The van der Waals surface area contributed by atoms with Gasteiger partial charge in [0.1, 0.15) is 11.6 Å². The van der Waals surface area contributed by atoms with Gasteiger partial charge in [0.05, 0.1) is 0 Å². The summed E-state index contributed by atoms with van der Waals surface area (Å²) in [5.74, 6) is -0.429. The molecule has 0 spiro atoms. The Morgan fingerprint density at radius 3 is 2.63 bits per heavy atom. The standard InChI is InChI=1S/C23H19N3O/c1-2-15-26-16-14-18(21-10-6-7-11-22(21)26)12-13-19(17-24)23(27)25-20-8-4-3-5-9-20/h2-14,16H,1,15H2,(H,25,27). The van der Waals surface area contributed by atoms with Gasteiger partial charge in [-0.15, -0.1) is 6.58 Å². The molecule has 0 saturated carbocycles. The zero-order chi connectivity index (χ0) is 19.1. The minimum absolute atomic E-state index is 0.0470. The van der Waals surface area contributed by atoms with Crippen molar-refractivity contribution < 1.29 is 4.79 Å². The maximum absolute atomic E-state index is 12.3. The number of hydrogen-bond donors (Lipinski definition) is 1. The lowest BCUT2D eigenvalue weighted by molar-refractivity contribution is -0.112.